The van der Waals surface area contributed by atoms with Gasteiger partial charge < -0.3 is 13.3 Å². The fraction of sp³-hybridized carbons (Fsp3) is 0.0787. The molecule has 0 aliphatic heterocycles. The summed E-state index contributed by atoms with van der Waals surface area (Å²) < 4.78 is 20.2. The van der Waals surface area contributed by atoms with Gasteiger partial charge in [-0.1, -0.05) is 393 Å². The number of nitrogens with zero attached hydrogens (tertiary/aromatic N) is 9. The monoisotopic (exact) mass is 1790 g/mol. The number of hydrogen-bond acceptors (Lipinski definition) is 12. The minimum atomic E-state index is -0.0996. The normalized spacial score (nSPS) is 13.3. The molecule has 28 rings (SSSR count). The maximum Gasteiger partial charge on any atom is 0.167 e. The molecule has 0 N–H and O–H groups in total. The summed E-state index contributed by atoms with van der Waals surface area (Å²) in [5, 5.41) is 13.5. The topological polar surface area (TPSA) is 155 Å². The first kappa shape index (κ1) is 82.1. The van der Waals surface area contributed by atoms with Crippen LogP contribution in [0, 0.1) is 6.92 Å². The molecule has 0 atom stereocenters. The highest BCUT2D eigenvalue weighted by atomic mass is 16.3. The Morgan fingerprint density at radius 1 is 0.180 bits per heavy atom. The zero-order valence-electron chi connectivity index (χ0n) is 77.4. The van der Waals surface area contributed by atoms with Crippen molar-refractivity contribution in [2.75, 3.05) is 0 Å². The number of benzene rings is 19. The summed E-state index contributed by atoms with van der Waals surface area (Å²) in [5.74, 6) is 5.51. The second kappa shape index (κ2) is 32.1. The van der Waals surface area contributed by atoms with E-state index in [4.69, 9.17) is 58.1 Å². The molecule has 0 amide bonds. The maximum absolute atomic E-state index is 6.77. The molecule has 0 bridgehead atoms. The molecule has 0 saturated carbocycles. The van der Waals surface area contributed by atoms with E-state index in [-0.39, 0.29) is 16.2 Å². The number of rotatable bonds is 10. The molecule has 3 aliphatic carbocycles. The highest BCUT2D eigenvalue weighted by Crippen LogP contribution is 2.58. The van der Waals surface area contributed by atoms with Gasteiger partial charge in [-0.3, -0.25) is 0 Å². The van der Waals surface area contributed by atoms with Crippen molar-refractivity contribution in [1.29, 1.82) is 0 Å². The predicted molar refractivity (Wildman–Crippen MR) is 566 cm³/mol. The summed E-state index contributed by atoms with van der Waals surface area (Å²) in [7, 11) is 0. The Bertz CT molecular complexity index is 9390. The second-order valence-electron chi connectivity index (χ2n) is 38.1. The lowest BCUT2D eigenvalue weighted by molar-refractivity contribution is 0.656. The van der Waals surface area contributed by atoms with Crippen LogP contribution in [0.3, 0.4) is 0 Å². The van der Waals surface area contributed by atoms with Gasteiger partial charge in [-0.25, -0.2) is 44.9 Å². The SMILES string of the molecule is CC1(C)c2ccccc2-c2c1ccc1oc3c(-c4nc(-c5ccccc5)nc(-c5cc6ccccc6c6ccccc56)n4)cccc3c21.CC1(C)c2ccccc2-c2c1ccc1oc3c(-c4nc(-c5ccccc5)nc(-c5cccc6ccccc56)n4)cccc3c21.Cc1cccc(-c2nc(-c3cccc(-c4ccccc4)c3)nc(-c3cccc4c3oc3ccc5c(c34)-c3ccccc3C5(C)C)n2)c1. The molecule has 0 saturated heterocycles. The minimum Gasteiger partial charge on any atom is -0.455 e. The zero-order chi connectivity index (χ0) is 93.1. The Hall–Kier alpha value is -17.6. The fourth-order valence-electron chi connectivity index (χ4n) is 22.1. The number of hydrogen-bond donors (Lipinski definition) is 0. The third kappa shape index (κ3) is 13.4. The van der Waals surface area contributed by atoms with Gasteiger partial charge in [-0.15, -0.1) is 0 Å². The summed E-state index contributed by atoms with van der Waals surface area (Å²) in [5.41, 5.74) is 31.9. The van der Waals surface area contributed by atoms with E-state index in [1.54, 1.807) is 0 Å². The van der Waals surface area contributed by atoms with Gasteiger partial charge in [-0.05, 0) is 172 Å². The van der Waals surface area contributed by atoms with E-state index in [0.717, 1.165) is 154 Å². The highest BCUT2D eigenvalue weighted by molar-refractivity contribution is 6.21. The predicted octanol–water partition coefficient (Wildman–Crippen LogP) is 32.7. The van der Waals surface area contributed by atoms with Gasteiger partial charge in [-0.2, -0.15) is 0 Å². The molecule has 658 valence electrons. The van der Waals surface area contributed by atoms with E-state index in [9.17, 15) is 0 Å². The molecule has 12 nitrogen and oxygen atoms in total. The summed E-state index contributed by atoms with van der Waals surface area (Å²) in [6.07, 6.45) is 0. The van der Waals surface area contributed by atoms with Crippen molar-refractivity contribution in [3.05, 3.63) is 439 Å². The smallest absolute Gasteiger partial charge is 0.167 e. The van der Waals surface area contributed by atoms with Gasteiger partial charge in [0, 0.05) is 81.9 Å². The van der Waals surface area contributed by atoms with Crippen LogP contribution in [0.2, 0.25) is 0 Å². The van der Waals surface area contributed by atoms with Crippen LogP contribution in [0.15, 0.2) is 414 Å². The first-order chi connectivity index (χ1) is 68.1. The molecule has 25 aromatic rings. The lowest BCUT2D eigenvalue weighted by atomic mass is 9.82. The molecule has 0 unspecified atom stereocenters. The fourth-order valence-corrected chi connectivity index (χ4v) is 22.1. The molecular weight excluding hydrogens is 1700 g/mol. The molecule has 0 radical (unpaired) electrons. The van der Waals surface area contributed by atoms with Crippen LogP contribution in [0.25, 0.3) is 245 Å². The Morgan fingerprint density at radius 3 is 0.935 bits per heavy atom. The lowest BCUT2D eigenvalue weighted by Gasteiger charge is -2.21. The van der Waals surface area contributed by atoms with Crippen molar-refractivity contribution < 1.29 is 13.3 Å². The maximum atomic E-state index is 6.77. The zero-order valence-corrected chi connectivity index (χ0v) is 77.4. The van der Waals surface area contributed by atoms with Gasteiger partial charge in [0.2, 0.25) is 0 Å². The second-order valence-corrected chi connectivity index (χ2v) is 38.1. The van der Waals surface area contributed by atoms with Crippen LogP contribution >= 0.6 is 0 Å². The lowest BCUT2D eigenvalue weighted by Crippen LogP contribution is -2.14. The van der Waals surface area contributed by atoms with Gasteiger partial charge in [0.15, 0.2) is 52.4 Å². The van der Waals surface area contributed by atoms with Crippen LogP contribution in [0.4, 0.5) is 0 Å². The van der Waals surface area contributed by atoms with Crippen LogP contribution in [0.5, 0.6) is 0 Å². The number of furan rings is 3. The third-order valence-electron chi connectivity index (χ3n) is 28.9. The third-order valence-corrected chi connectivity index (χ3v) is 28.9. The molecule has 3 aliphatic rings. The largest absolute Gasteiger partial charge is 0.455 e. The number of aromatic nitrogens is 9. The van der Waals surface area contributed by atoms with E-state index < -0.39 is 0 Å². The number of aryl methyl sites for hydroxylation is 1. The van der Waals surface area contributed by atoms with Crippen molar-refractivity contribution in [3.63, 3.8) is 0 Å². The van der Waals surface area contributed by atoms with E-state index in [1.807, 2.05) is 72.8 Å². The summed E-state index contributed by atoms with van der Waals surface area (Å²) in [6.45, 7) is 15.9. The Kier molecular flexibility index (Phi) is 18.9. The van der Waals surface area contributed by atoms with E-state index in [0.29, 0.717) is 52.4 Å². The van der Waals surface area contributed by atoms with Gasteiger partial charge >= 0.3 is 0 Å². The molecular formula is C127H87N9O3. The molecule has 0 spiro atoms. The molecule has 19 aromatic carbocycles. The van der Waals surface area contributed by atoms with Crippen molar-refractivity contribution in [1.82, 2.24) is 44.9 Å². The van der Waals surface area contributed by atoms with Gasteiger partial charge in [0.1, 0.15) is 33.5 Å². The van der Waals surface area contributed by atoms with E-state index >= 15 is 0 Å². The quantitative estimate of drug-likeness (QED) is 0.120. The van der Waals surface area contributed by atoms with Gasteiger partial charge in [0.25, 0.3) is 0 Å². The summed E-state index contributed by atoms with van der Waals surface area (Å²) in [4.78, 5) is 45.9. The van der Waals surface area contributed by atoms with E-state index in [2.05, 4.69) is 376 Å². The molecule has 12 heteroatoms. The average molecular weight is 1790 g/mol. The number of para-hydroxylation sites is 3. The highest BCUT2D eigenvalue weighted by Gasteiger charge is 2.41. The molecule has 0 fully saturated rings. The average Bonchev–Trinajstić information content (AvgIpc) is 1.55. The summed E-state index contributed by atoms with van der Waals surface area (Å²) in [6, 6.07) is 139. The van der Waals surface area contributed by atoms with Gasteiger partial charge in [0.05, 0.1) is 16.7 Å². The first-order valence-corrected chi connectivity index (χ1v) is 47.4. The molecule has 6 heterocycles. The Morgan fingerprint density at radius 2 is 0.475 bits per heavy atom. The van der Waals surface area contributed by atoms with Crippen LogP contribution in [-0.4, -0.2) is 44.9 Å². The number of fused-ring (bicyclic) bond motifs is 25. The van der Waals surface area contributed by atoms with Crippen molar-refractivity contribution in [2.24, 2.45) is 0 Å². The van der Waals surface area contributed by atoms with Crippen molar-refractivity contribution in [2.45, 2.75) is 64.7 Å². The molecule has 6 aromatic heterocycles. The Balaban J connectivity index is 0.000000108. The van der Waals surface area contributed by atoms with Crippen LogP contribution in [-0.2, 0) is 16.2 Å². The van der Waals surface area contributed by atoms with Crippen LogP contribution < -0.4 is 0 Å². The van der Waals surface area contributed by atoms with Crippen molar-refractivity contribution in [3.8, 4) is 147 Å². The van der Waals surface area contributed by atoms with E-state index in [1.165, 1.54) is 77.5 Å². The summed E-state index contributed by atoms with van der Waals surface area (Å²) >= 11 is 0. The van der Waals surface area contributed by atoms with Crippen LogP contribution in [0.1, 0.15) is 80.5 Å². The first-order valence-electron chi connectivity index (χ1n) is 47.4. The minimum absolute atomic E-state index is 0.0898. The molecule has 139 heavy (non-hydrogen) atoms. The van der Waals surface area contributed by atoms with Crippen molar-refractivity contribution >= 4 is 98.1 Å². The standard InChI is InChI=1S/C44H29N3O.C43H31N3O.C40H27N3O/c1-44(2)35-22-11-10-19-31(35)38-36(44)23-24-37-39(38)32-20-12-21-33(40(32)48-37)42-45-41(26-13-4-3-5-14-26)46-43(47-42)34-25-27-15-6-7-16-28(27)29-17-8-9-18-30(29)34;1-26-12-9-16-29(24-26)40-44-41(30-17-10-15-28(25-30)27-13-5-4-6-14-27)46-42(45-40)33-20-11-19-32-38-36(47-39(32)33)23-22-35-37(38)31-18-7-8-21-34(31)43(35,2)3;1-40(2)31-21-9-8-17-28(31)34-32(40)22-23-33-35(34)29-19-11-20-30(36(29)44-33)39-42-37(25-13-4-3-5-14-25)41-38(43-39)27-18-10-15-24-12-6-7-16-26(24)27/h3-25H,1-2H3;4-25H,1-3H3;3-23H,1-2H3. The Labute approximate surface area is 801 Å².